The van der Waals surface area contributed by atoms with Crippen LogP contribution in [-0.2, 0) is 0 Å². The summed E-state index contributed by atoms with van der Waals surface area (Å²) in [5.41, 5.74) is 8.97. The van der Waals surface area contributed by atoms with E-state index < -0.39 is 0 Å². The summed E-state index contributed by atoms with van der Waals surface area (Å²) in [6.45, 7) is 8.68. The van der Waals surface area contributed by atoms with Crippen LogP contribution in [-0.4, -0.2) is 28.9 Å². The number of thiocarbonyl (C=S) groups is 1. The number of nitrogens with one attached hydrogen (secondary N) is 1. The highest BCUT2D eigenvalue weighted by molar-refractivity contribution is 7.80. The predicted molar refractivity (Wildman–Crippen MR) is 152 cm³/mol. The largest absolute Gasteiger partial charge is 0.497 e. The van der Waals surface area contributed by atoms with Crippen molar-refractivity contribution >= 4 is 23.0 Å². The van der Waals surface area contributed by atoms with Crippen LogP contribution in [0.15, 0.2) is 66.9 Å². The van der Waals surface area contributed by atoms with Crippen molar-refractivity contribution in [1.82, 2.24) is 14.9 Å². The third-order valence-electron chi connectivity index (χ3n) is 7.20. The van der Waals surface area contributed by atoms with E-state index in [1.54, 1.807) is 14.2 Å². The lowest BCUT2D eigenvalue weighted by Crippen LogP contribution is -2.30. The Balaban J connectivity index is 1.74. The Labute approximate surface area is 223 Å². The van der Waals surface area contributed by atoms with Gasteiger partial charge in [-0.1, -0.05) is 24.3 Å². The number of para-hydroxylation sites is 1. The molecule has 0 unspecified atom stereocenters. The van der Waals surface area contributed by atoms with Crippen molar-refractivity contribution in [2.45, 2.75) is 39.8 Å². The number of nitrogens with zero attached hydrogens (tertiary/aromatic N) is 3. The molecule has 1 aliphatic heterocycles. The van der Waals surface area contributed by atoms with Crippen LogP contribution in [0.4, 0.5) is 5.69 Å². The lowest BCUT2D eigenvalue weighted by molar-refractivity contribution is 0.403. The van der Waals surface area contributed by atoms with Gasteiger partial charge in [-0.05, 0) is 86.9 Å². The topological polar surface area (TPSA) is 51.6 Å². The summed E-state index contributed by atoms with van der Waals surface area (Å²) in [6, 6.07) is 20.2. The predicted octanol–water partition coefficient (Wildman–Crippen LogP) is 6.30. The molecule has 0 spiro atoms. The Kier molecular flexibility index (Phi) is 6.65. The molecule has 0 amide bonds. The van der Waals surface area contributed by atoms with Crippen LogP contribution in [0, 0.1) is 27.7 Å². The van der Waals surface area contributed by atoms with Crippen molar-refractivity contribution in [2.24, 2.45) is 0 Å². The molecule has 1 saturated heterocycles. The number of hydrogen-bond acceptors (Lipinski definition) is 4. The standard InChI is InChI=1S/C30H32N4O2S/c1-18-10-9-11-19(2)28(18)33-20(3)16-23(21(33)4)29-27(24-12-7-8-15-31-24)32-30(37)34(29)25-17-22(35-5)13-14-26(25)36-6/h7-17,27,29H,1-6H3,(H,32,37)/t27-,29-/m0/s1. The van der Waals surface area contributed by atoms with Crippen LogP contribution in [0.3, 0.4) is 0 Å². The van der Waals surface area contributed by atoms with Crippen LogP contribution in [0.1, 0.15) is 45.9 Å². The summed E-state index contributed by atoms with van der Waals surface area (Å²) >= 11 is 5.97. The molecule has 4 aromatic rings. The number of aromatic nitrogens is 2. The van der Waals surface area contributed by atoms with E-state index in [9.17, 15) is 0 Å². The molecule has 0 saturated carbocycles. The minimum absolute atomic E-state index is 0.156. The van der Waals surface area contributed by atoms with Gasteiger partial charge in [0.05, 0.1) is 43.4 Å². The zero-order valence-corrected chi connectivity index (χ0v) is 22.9. The third-order valence-corrected chi connectivity index (χ3v) is 7.51. The fourth-order valence-corrected chi connectivity index (χ4v) is 5.84. The highest BCUT2D eigenvalue weighted by Gasteiger charge is 2.43. The molecule has 1 aliphatic rings. The molecule has 0 radical (unpaired) electrons. The van der Waals surface area contributed by atoms with Crippen LogP contribution in [0.25, 0.3) is 5.69 Å². The smallest absolute Gasteiger partial charge is 0.174 e. The number of benzene rings is 2. The Morgan fingerprint density at radius 3 is 2.30 bits per heavy atom. The van der Waals surface area contributed by atoms with Gasteiger partial charge in [0.1, 0.15) is 11.5 Å². The molecule has 7 heteroatoms. The average Bonchev–Trinajstić information content (AvgIpc) is 3.39. The van der Waals surface area contributed by atoms with Gasteiger partial charge in [-0.2, -0.15) is 0 Å². The molecule has 1 N–H and O–H groups in total. The highest BCUT2D eigenvalue weighted by Crippen LogP contribution is 2.47. The van der Waals surface area contributed by atoms with Crippen molar-refractivity contribution in [3.05, 3.63) is 101 Å². The second-order valence-corrected chi connectivity index (χ2v) is 9.82. The first-order valence-electron chi connectivity index (χ1n) is 12.3. The van der Waals surface area contributed by atoms with Gasteiger partial charge in [-0.25, -0.2) is 0 Å². The van der Waals surface area contributed by atoms with E-state index in [-0.39, 0.29) is 12.1 Å². The van der Waals surface area contributed by atoms with E-state index in [2.05, 4.69) is 66.7 Å². The molecule has 1 fully saturated rings. The lowest BCUT2D eigenvalue weighted by Gasteiger charge is -2.29. The SMILES string of the molecule is COc1ccc(OC)c(N2C(=S)N[C@@H](c3ccccn3)[C@@H]2c2cc(C)n(-c3c(C)cccc3C)c2C)c1. The minimum atomic E-state index is -0.160. The summed E-state index contributed by atoms with van der Waals surface area (Å²) in [7, 11) is 3.34. The van der Waals surface area contributed by atoms with Crippen LogP contribution in [0.2, 0.25) is 0 Å². The first kappa shape index (κ1) is 24.8. The maximum Gasteiger partial charge on any atom is 0.174 e. The molecule has 6 nitrogen and oxygen atoms in total. The van der Waals surface area contributed by atoms with Gasteiger partial charge in [-0.3, -0.25) is 4.98 Å². The van der Waals surface area contributed by atoms with Gasteiger partial charge >= 0.3 is 0 Å². The van der Waals surface area contributed by atoms with Crippen molar-refractivity contribution < 1.29 is 9.47 Å². The first-order chi connectivity index (χ1) is 17.8. The molecule has 3 heterocycles. The molecule has 5 rings (SSSR count). The van der Waals surface area contributed by atoms with Crippen molar-refractivity contribution in [3.8, 4) is 17.2 Å². The molecule has 190 valence electrons. The Morgan fingerprint density at radius 1 is 0.892 bits per heavy atom. The first-order valence-corrected chi connectivity index (χ1v) is 12.7. The van der Waals surface area contributed by atoms with Crippen molar-refractivity contribution in [3.63, 3.8) is 0 Å². The summed E-state index contributed by atoms with van der Waals surface area (Å²) < 4.78 is 13.7. The maximum absolute atomic E-state index is 5.97. The van der Waals surface area contributed by atoms with Crippen LogP contribution < -0.4 is 19.7 Å². The number of pyridine rings is 1. The monoisotopic (exact) mass is 512 g/mol. The Hall–Kier alpha value is -3.84. The summed E-state index contributed by atoms with van der Waals surface area (Å²) in [4.78, 5) is 6.85. The third kappa shape index (κ3) is 4.23. The van der Waals surface area contributed by atoms with Crippen molar-refractivity contribution in [2.75, 3.05) is 19.1 Å². The number of hydrogen-bond donors (Lipinski definition) is 1. The van der Waals surface area contributed by atoms with Crippen molar-refractivity contribution in [1.29, 1.82) is 0 Å². The lowest BCUT2D eigenvalue weighted by atomic mass is 9.96. The molecular weight excluding hydrogens is 480 g/mol. The highest BCUT2D eigenvalue weighted by atomic mass is 32.1. The van der Waals surface area contributed by atoms with E-state index in [0.29, 0.717) is 5.11 Å². The number of methoxy groups -OCH3 is 2. The molecule has 2 atom stereocenters. The maximum atomic E-state index is 5.97. The Bertz CT molecular complexity index is 1440. The van der Waals surface area contributed by atoms with E-state index in [4.69, 9.17) is 26.7 Å². The number of ether oxygens (including phenoxy) is 2. The van der Waals surface area contributed by atoms with Crippen LogP contribution >= 0.6 is 12.2 Å². The Morgan fingerprint density at radius 2 is 1.65 bits per heavy atom. The number of anilines is 1. The van der Waals surface area contributed by atoms with Crippen LogP contribution in [0.5, 0.6) is 11.5 Å². The molecule has 2 aromatic heterocycles. The fourth-order valence-electron chi connectivity index (χ4n) is 5.50. The molecule has 0 aliphatic carbocycles. The average molecular weight is 513 g/mol. The zero-order valence-electron chi connectivity index (χ0n) is 22.1. The quantitative estimate of drug-likeness (QED) is 0.306. The van der Waals surface area contributed by atoms with E-state index >= 15 is 0 Å². The summed E-state index contributed by atoms with van der Waals surface area (Å²) in [5.74, 6) is 1.46. The number of aryl methyl sites for hydroxylation is 3. The normalized spacial score (nSPS) is 17.1. The van der Waals surface area contributed by atoms with Gasteiger partial charge in [-0.15, -0.1) is 0 Å². The summed E-state index contributed by atoms with van der Waals surface area (Å²) in [5, 5.41) is 4.18. The summed E-state index contributed by atoms with van der Waals surface area (Å²) in [6.07, 6.45) is 1.83. The van der Waals surface area contributed by atoms with E-state index in [0.717, 1.165) is 22.9 Å². The molecule has 2 aromatic carbocycles. The zero-order chi connectivity index (χ0) is 26.3. The fraction of sp³-hybridized carbons (Fsp3) is 0.267. The van der Waals surface area contributed by atoms with Gasteiger partial charge < -0.3 is 24.3 Å². The van der Waals surface area contributed by atoms with E-state index in [1.165, 1.54) is 33.8 Å². The van der Waals surface area contributed by atoms with E-state index in [1.807, 2.05) is 42.6 Å². The molecule has 37 heavy (non-hydrogen) atoms. The molecule has 0 bridgehead atoms. The van der Waals surface area contributed by atoms with Gasteiger partial charge in [0.15, 0.2) is 5.11 Å². The minimum Gasteiger partial charge on any atom is -0.497 e. The van der Waals surface area contributed by atoms with Gasteiger partial charge in [0.25, 0.3) is 0 Å². The van der Waals surface area contributed by atoms with Gasteiger partial charge in [0.2, 0.25) is 0 Å². The molecular formula is C30H32N4O2S. The van der Waals surface area contributed by atoms with Gasteiger partial charge in [0, 0.05) is 23.7 Å². The second-order valence-electron chi connectivity index (χ2n) is 9.44. The number of rotatable bonds is 6. The second kappa shape index (κ2) is 9.90.